The van der Waals surface area contributed by atoms with Gasteiger partial charge in [-0.15, -0.1) is 0 Å². The highest BCUT2D eigenvalue weighted by atomic mass is 127. The van der Waals surface area contributed by atoms with E-state index in [0.717, 1.165) is 12.8 Å². The smallest absolute Gasteiger partial charge is 0.338 e. The first-order chi connectivity index (χ1) is 12.6. The van der Waals surface area contributed by atoms with Crippen molar-refractivity contribution in [1.82, 2.24) is 0 Å². The minimum Gasteiger partial charge on any atom is -0.479 e. The highest BCUT2D eigenvalue weighted by Crippen LogP contribution is 2.33. The van der Waals surface area contributed by atoms with Crippen molar-refractivity contribution < 1.29 is 14.6 Å². The molecule has 0 aromatic heterocycles. The summed E-state index contributed by atoms with van der Waals surface area (Å²) < 4.78 is 6.40. The van der Waals surface area contributed by atoms with Gasteiger partial charge in [0.05, 0.1) is 6.61 Å². The van der Waals surface area contributed by atoms with Crippen LogP contribution in [0, 0.1) is 3.57 Å². The molecule has 146 valence electrons. The van der Waals surface area contributed by atoms with E-state index in [-0.39, 0.29) is 0 Å². The number of benzene rings is 1. The van der Waals surface area contributed by atoms with Crippen molar-refractivity contribution in [2.24, 2.45) is 0 Å². The van der Waals surface area contributed by atoms with Crippen LogP contribution in [0.3, 0.4) is 0 Å². The number of aryl methyl sites for hydroxylation is 1. The predicted octanol–water partition coefficient (Wildman–Crippen LogP) is 6.37. The van der Waals surface area contributed by atoms with Crippen LogP contribution < -0.4 is 0 Å². The molecule has 2 rings (SSSR count). The van der Waals surface area contributed by atoms with Crippen molar-refractivity contribution in [3.63, 3.8) is 0 Å². The summed E-state index contributed by atoms with van der Waals surface area (Å²) in [6, 6.07) is 8.89. The van der Waals surface area contributed by atoms with E-state index in [9.17, 15) is 4.79 Å². The average molecular weight is 472 g/mol. The van der Waals surface area contributed by atoms with Crippen LogP contribution in [-0.4, -0.2) is 23.3 Å². The second-order valence-electron chi connectivity index (χ2n) is 7.60. The lowest BCUT2D eigenvalue weighted by Crippen LogP contribution is -2.23. The van der Waals surface area contributed by atoms with Crippen LogP contribution in [-0.2, 0) is 16.0 Å². The molecule has 0 radical (unpaired) electrons. The van der Waals surface area contributed by atoms with Crippen LogP contribution in [0.4, 0.5) is 0 Å². The molecule has 1 aromatic carbocycles. The molecule has 1 atom stereocenters. The van der Waals surface area contributed by atoms with Crippen LogP contribution in [0.2, 0.25) is 0 Å². The van der Waals surface area contributed by atoms with Gasteiger partial charge < -0.3 is 9.84 Å². The maximum atomic E-state index is 11.0. The molecular weight excluding hydrogens is 439 g/mol. The van der Waals surface area contributed by atoms with E-state index in [1.54, 1.807) is 0 Å². The third-order valence-electron chi connectivity index (χ3n) is 5.34. The fraction of sp³-hybridized carbons (Fsp3) is 0.682. The zero-order valence-electron chi connectivity index (χ0n) is 15.9. The van der Waals surface area contributed by atoms with Crippen LogP contribution in [0.15, 0.2) is 24.3 Å². The van der Waals surface area contributed by atoms with Gasteiger partial charge in [-0.25, -0.2) is 4.79 Å². The van der Waals surface area contributed by atoms with E-state index in [1.807, 2.05) is 0 Å². The molecule has 26 heavy (non-hydrogen) atoms. The van der Waals surface area contributed by atoms with E-state index < -0.39 is 11.6 Å². The largest absolute Gasteiger partial charge is 0.479 e. The zero-order valence-corrected chi connectivity index (χ0v) is 18.0. The Morgan fingerprint density at radius 2 is 1.35 bits per heavy atom. The van der Waals surface area contributed by atoms with Gasteiger partial charge in [0.1, 0.15) is 0 Å². The molecule has 1 fully saturated rings. The summed E-state index contributed by atoms with van der Waals surface area (Å²) in [5.74, 6) is -0.781. The summed E-state index contributed by atoms with van der Waals surface area (Å²) in [6.45, 7) is 0.410. The van der Waals surface area contributed by atoms with Gasteiger partial charge in [0.25, 0.3) is 0 Å². The number of halogens is 1. The lowest BCUT2D eigenvalue weighted by atomic mass is 10.0. The Morgan fingerprint density at radius 3 is 1.81 bits per heavy atom. The number of epoxide rings is 1. The molecule has 4 heteroatoms. The molecule has 0 saturated carbocycles. The zero-order chi connectivity index (χ0) is 18.7. The van der Waals surface area contributed by atoms with Crippen LogP contribution in [0.25, 0.3) is 0 Å². The van der Waals surface area contributed by atoms with E-state index in [4.69, 9.17) is 9.84 Å². The highest BCUT2D eigenvalue weighted by molar-refractivity contribution is 14.1. The second-order valence-corrected chi connectivity index (χ2v) is 8.85. The predicted molar refractivity (Wildman–Crippen MR) is 115 cm³/mol. The summed E-state index contributed by atoms with van der Waals surface area (Å²) in [6.07, 6.45) is 15.9. The van der Waals surface area contributed by atoms with E-state index in [1.165, 1.54) is 73.3 Å². The van der Waals surface area contributed by atoms with Gasteiger partial charge in [0.15, 0.2) is 5.60 Å². The first-order valence-corrected chi connectivity index (χ1v) is 11.3. The Morgan fingerprint density at radius 1 is 0.885 bits per heavy atom. The molecule has 0 spiro atoms. The molecule has 3 nitrogen and oxygen atoms in total. The minimum atomic E-state index is -0.806. The molecule has 1 heterocycles. The van der Waals surface area contributed by atoms with E-state index >= 15 is 0 Å². The van der Waals surface area contributed by atoms with Gasteiger partial charge in [-0.3, -0.25) is 0 Å². The second kappa shape index (κ2) is 12.0. The first-order valence-electron chi connectivity index (χ1n) is 10.2. The number of unbranched alkanes of at least 4 members (excludes halogenated alkanes) is 10. The fourth-order valence-corrected chi connectivity index (χ4v) is 3.80. The lowest BCUT2D eigenvalue weighted by Gasteiger charge is -2.06. The van der Waals surface area contributed by atoms with Gasteiger partial charge in [-0.2, -0.15) is 0 Å². The van der Waals surface area contributed by atoms with Crippen molar-refractivity contribution in [3.05, 3.63) is 33.4 Å². The fourth-order valence-electron chi connectivity index (χ4n) is 3.44. The summed E-state index contributed by atoms with van der Waals surface area (Å²) in [5, 5.41) is 9.02. The van der Waals surface area contributed by atoms with Crippen molar-refractivity contribution in [3.8, 4) is 0 Å². The van der Waals surface area contributed by atoms with Gasteiger partial charge in [-0.05, 0) is 66.0 Å². The van der Waals surface area contributed by atoms with Crippen LogP contribution in [0.5, 0.6) is 0 Å². The van der Waals surface area contributed by atoms with E-state index in [2.05, 4.69) is 46.9 Å². The molecule has 1 aliphatic rings. The first kappa shape index (κ1) is 21.7. The van der Waals surface area contributed by atoms with Gasteiger partial charge >= 0.3 is 5.97 Å². The molecule has 1 aliphatic heterocycles. The number of hydrogen-bond donors (Lipinski definition) is 1. The monoisotopic (exact) mass is 472 g/mol. The number of ether oxygens (including phenoxy) is 1. The Labute approximate surface area is 172 Å². The average Bonchev–Trinajstić information content (AvgIpc) is 3.42. The molecule has 1 N–H and O–H groups in total. The normalized spacial score (nSPS) is 18.8. The Bertz CT molecular complexity index is 523. The van der Waals surface area contributed by atoms with Crippen molar-refractivity contribution in [2.75, 3.05) is 6.61 Å². The topological polar surface area (TPSA) is 49.8 Å². The minimum absolute atomic E-state index is 0.410. The number of aliphatic carboxylic acids is 1. The number of carbonyl (C=O) groups is 1. The van der Waals surface area contributed by atoms with E-state index in [0.29, 0.717) is 13.0 Å². The molecule has 0 bridgehead atoms. The van der Waals surface area contributed by atoms with Crippen molar-refractivity contribution in [2.45, 2.75) is 89.1 Å². The Kier molecular flexibility index (Phi) is 9.97. The van der Waals surface area contributed by atoms with Crippen molar-refractivity contribution in [1.29, 1.82) is 0 Å². The Balaban J connectivity index is 1.31. The van der Waals surface area contributed by atoms with Gasteiger partial charge in [-0.1, -0.05) is 69.9 Å². The van der Waals surface area contributed by atoms with Gasteiger partial charge in [0, 0.05) is 3.57 Å². The van der Waals surface area contributed by atoms with Gasteiger partial charge in [0.2, 0.25) is 0 Å². The third kappa shape index (κ3) is 8.38. The Hall–Kier alpha value is -0.620. The molecule has 0 aliphatic carbocycles. The maximum absolute atomic E-state index is 11.0. The summed E-state index contributed by atoms with van der Waals surface area (Å²) >= 11 is 2.35. The lowest BCUT2D eigenvalue weighted by molar-refractivity contribution is -0.143. The molecule has 0 amide bonds. The number of carboxylic acid groups (broad SMARTS) is 1. The summed E-state index contributed by atoms with van der Waals surface area (Å²) in [5.41, 5.74) is 0.659. The highest BCUT2D eigenvalue weighted by Gasteiger charge is 2.51. The van der Waals surface area contributed by atoms with Crippen LogP contribution >= 0.6 is 22.6 Å². The number of rotatable bonds is 15. The van der Waals surface area contributed by atoms with Crippen LogP contribution in [0.1, 0.15) is 82.6 Å². The molecular formula is C22H33IO3. The quantitative estimate of drug-likeness (QED) is 0.183. The number of hydrogen-bond acceptors (Lipinski definition) is 2. The molecule has 1 aromatic rings. The molecule has 1 saturated heterocycles. The number of carboxylic acids is 1. The van der Waals surface area contributed by atoms with Crippen molar-refractivity contribution >= 4 is 28.6 Å². The maximum Gasteiger partial charge on any atom is 0.338 e. The SMILES string of the molecule is O=C(O)C1(CCCCCCCCCCCCCc2ccc(I)cc2)CO1. The third-order valence-corrected chi connectivity index (χ3v) is 6.06. The standard InChI is InChI=1S/C22H33IO3/c23-20-15-13-19(14-16-20)12-10-8-6-4-2-1-3-5-7-9-11-17-22(18-26-22)21(24)25/h13-16H,1-12,17-18H2,(H,24,25). The summed E-state index contributed by atoms with van der Waals surface area (Å²) in [7, 11) is 0. The molecule has 1 unspecified atom stereocenters. The summed E-state index contributed by atoms with van der Waals surface area (Å²) in [4.78, 5) is 11.0.